The van der Waals surface area contributed by atoms with Crippen LogP contribution in [0.4, 0.5) is 0 Å². The number of Topliss-reactive ketones (excluding diaryl/α,β-unsaturated/α-hetero) is 1. The van der Waals surface area contributed by atoms with Crippen molar-refractivity contribution in [2.45, 2.75) is 135 Å². The Labute approximate surface area is 345 Å². The van der Waals surface area contributed by atoms with Crippen molar-refractivity contribution >= 4 is 34.7 Å². The van der Waals surface area contributed by atoms with E-state index in [2.05, 4.69) is 19.9 Å². The normalized spacial score (nSPS) is 38.5. The first-order chi connectivity index (χ1) is 27.4. The Morgan fingerprint density at radius 3 is 2.38 bits per heavy atom. The molecule has 3 aliphatic rings. The zero-order valence-corrected chi connectivity index (χ0v) is 36.0. The number of cyclic esters (lactones) is 1. The van der Waals surface area contributed by atoms with Crippen molar-refractivity contribution in [3.05, 3.63) is 35.2 Å². The standard InChI is InChI=1S/C41H61N5O11S/c1-11-32-41(8,50)37-24(4)33(43-51)22(2)17-40(7,53-20-29(19-52-37)44-54-18-27-12-14-28(15-13-27)30-21-58-45-42-30)36(25(5)34(47)26(6)38(49)56-32)57-39-35(48)31(46(9)10)16-23(3)55-39/h12-15,21-26,31-32,35-37,39,48,50-51H,11,16-20H2,1-10H3/b43-33+,44-29-/t22-,23-,24+,25+,26-,31+,32-,35-,36-,37+,39+,40-,41-/m1/s1. The van der Waals surface area contributed by atoms with Crippen molar-refractivity contribution < 1.29 is 53.5 Å². The van der Waals surface area contributed by atoms with E-state index in [1.165, 1.54) is 25.4 Å². The van der Waals surface area contributed by atoms with Crippen LogP contribution in [0.1, 0.15) is 80.2 Å². The fourth-order valence-corrected chi connectivity index (χ4v) is 9.13. The van der Waals surface area contributed by atoms with E-state index in [0.29, 0.717) is 12.1 Å². The minimum absolute atomic E-state index is 0.109. The second-order valence-electron chi connectivity index (χ2n) is 16.8. The summed E-state index contributed by atoms with van der Waals surface area (Å²) in [5.74, 6) is -4.86. The van der Waals surface area contributed by atoms with Gasteiger partial charge in [-0.1, -0.05) is 66.8 Å². The maximum atomic E-state index is 14.4. The minimum atomic E-state index is -1.84. The Hall–Kier alpha value is -3.42. The van der Waals surface area contributed by atoms with Gasteiger partial charge < -0.3 is 48.8 Å². The lowest BCUT2D eigenvalue weighted by molar-refractivity contribution is -0.296. The van der Waals surface area contributed by atoms with Gasteiger partial charge in [0.25, 0.3) is 0 Å². The van der Waals surface area contributed by atoms with E-state index in [1.807, 2.05) is 62.5 Å². The molecular formula is C41H61N5O11S. The first-order valence-corrected chi connectivity index (χ1v) is 20.9. The second kappa shape index (κ2) is 19.3. The van der Waals surface area contributed by atoms with E-state index in [4.69, 9.17) is 28.5 Å². The summed E-state index contributed by atoms with van der Waals surface area (Å²) < 4.78 is 36.2. The smallest absolute Gasteiger partial charge is 0.316 e. The molecule has 0 amide bonds. The monoisotopic (exact) mass is 831 g/mol. The van der Waals surface area contributed by atoms with E-state index in [-0.39, 0.29) is 50.5 Å². The maximum absolute atomic E-state index is 14.4. The molecule has 17 heteroatoms. The fraction of sp³-hybridized carbons (Fsp3) is 0.707. The molecule has 2 aromatic rings. The Morgan fingerprint density at radius 2 is 1.76 bits per heavy atom. The Bertz CT molecular complexity index is 1740. The lowest BCUT2D eigenvalue weighted by Crippen LogP contribution is -2.60. The van der Waals surface area contributed by atoms with Gasteiger partial charge in [-0.15, -0.1) is 5.10 Å². The molecule has 0 radical (unpaired) electrons. The summed E-state index contributed by atoms with van der Waals surface area (Å²) in [6, 6.07) is 7.33. The number of rotatable bonds is 8. The maximum Gasteiger partial charge on any atom is 0.316 e. The third-order valence-electron chi connectivity index (χ3n) is 12.0. The summed E-state index contributed by atoms with van der Waals surface area (Å²) in [6.45, 7) is 13.4. The molecule has 2 bridgehead atoms. The van der Waals surface area contributed by atoms with E-state index >= 15 is 0 Å². The largest absolute Gasteiger partial charge is 0.459 e. The van der Waals surface area contributed by atoms with E-state index in [9.17, 15) is 25.0 Å². The number of carbonyl (C=O) groups excluding carboxylic acids is 2. The Morgan fingerprint density at radius 1 is 1.05 bits per heavy atom. The van der Waals surface area contributed by atoms with Gasteiger partial charge in [0.2, 0.25) is 0 Å². The molecule has 1 aromatic carbocycles. The summed E-state index contributed by atoms with van der Waals surface area (Å²) in [6.07, 6.45) is -5.04. The van der Waals surface area contributed by atoms with Crippen molar-refractivity contribution in [3.8, 4) is 11.3 Å². The molecule has 0 spiro atoms. The van der Waals surface area contributed by atoms with Crippen LogP contribution in [0.5, 0.6) is 0 Å². The van der Waals surface area contributed by atoms with Gasteiger partial charge in [0.1, 0.15) is 41.7 Å². The van der Waals surface area contributed by atoms with Crippen LogP contribution in [0.25, 0.3) is 11.3 Å². The zero-order chi connectivity index (χ0) is 42.5. The van der Waals surface area contributed by atoms with E-state index in [1.54, 1.807) is 27.7 Å². The molecule has 4 heterocycles. The number of ketones is 1. The number of ether oxygens (including phenoxy) is 5. The van der Waals surface area contributed by atoms with E-state index in [0.717, 1.165) is 16.8 Å². The van der Waals surface area contributed by atoms with Gasteiger partial charge in [0, 0.05) is 34.7 Å². The highest BCUT2D eigenvalue weighted by Gasteiger charge is 2.53. The Balaban J connectivity index is 1.60. The highest BCUT2D eigenvalue weighted by molar-refractivity contribution is 7.03. The number of benzene rings is 1. The topological polar surface area (TPSA) is 204 Å². The van der Waals surface area contributed by atoms with Crippen molar-refractivity contribution in [3.63, 3.8) is 0 Å². The van der Waals surface area contributed by atoms with Gasteiger partial charge in [0.05, 0.1) is 42.8 Å². The lowest BCUT2D eigenvalue weighted by atomic mass is 9.74. The molecule has 0 unspecified atom stereocenters. The summed E-state index contributed by atoms with van der Waals surface area (Å²) >= 11 is 1.27. The number of aliphatic hydroxyl groups is 2. The first kappa shape index (κ1) is 45.7. The molecule has 58 heavy (non-hydrogen) atoms. The van der Waals surface area contributed by atoms with Crippen LogP contribution in [-0.4, -0.2) is 134 Å². The molecule has 1 aromatic heterocycles. The van der Waals surface area contributed by atoms with Gasteiger partial charge >= 0.3 is 5.97 Å². The van der Waals surface area contributed by atoms with Gasteiger partial charge in [-0.3, -0.25) is 9.59 Å². The quantitative estimate of drug-likeness (QED) is 0.145. The van der Waals surface area contributed by atoms with Crippen molar-refractivity contribution in [2.75, 3.05) is 27.3 Å². The summed E-state index contributed by atoms with van der Waals surface area (Å²) in [5, 5.41) is 48.7. The number of fused-ring (bicyclic) bond motifs is 5. The molecule has 16 nitrogen and oxygen atoms in total. The van der Waals surface area contributed by atoms with Gasteiger partial charge in [-0.2, -0.15) is 0 Å². The summed E-state index contributed by atoms with van der Waals surface area (Å²) in [5.41, 5.74) is -0.103. The Kier molecular flexibility index (Phi) is 15.2. The lowest BCUT2D eigenvalue weighted by Gasteiger charge is -2.47. The van der Waals surface area contributed by atoms with E-state index < -0.39 is 77.3 Å². The number of nitrogens with zero attached hydrogens (tertiary/aromatic N) is 5. The summed E-state index contributed by atoms with van der Waals surface area (Å²) in [4.78, 5) is 36.0. The number of aliphatic hydroxyl groups excluding tert-OH is 1. The molecule has 3 saturated heterocycles. The highest BCUT2D eigenvalue weighted by Crippen LogP contribution is 2.40. The molecule has 3 N–H and O–H groups in total. The van der Waals surface area contributed by atoms with Crippen molar-refractivity contribution in [1.82, 2.24) is 14.5 Å². The number of aromatic nitrogens is 2. The molecule has 3 fully saturated rings. The van der Waals surface area contributed by atoms with Crippen LogP contribution in [-0.2, 0) is 44.7 Å². The van der Waals surface area contributed by atoms with Crippen LogP contribution in [0, 0.1) is 23.7 Å². The van der Waals surface area contributed by atoms with Gasteiger partial charge in [0.15, 0.2) is 12.1 Å². The predicted octanol–water partition coefficient (Wildman–Crippen LogP) is 4.48. The molecule has 322 valence electrons. The van der Waals surface area contributed by atoms with Crippen molar-refractivity contribution in [2.24, 2.45) is 34.0 Å². The third kappa shape index (κ3) is 10.1. The number of hydrogen-bond acceptors (Lipinski definition) is 17. The molecule has 3 aliphatic heterocycles. The van der Waals surface area contributed by atoms with Crippen LogP contribution < -0.4 is 0 Å². The van der Waals surface area contributed by atoms with Crippen molar-refractivity contribution in [1.29, 1.82) is 0 Å². The number of oxime groups is 2. The second-order valence-corrected chi connectivity index (χ2v) is 17.4. The molecule has 13 atom stereocenters. The first-order valence-electron chi connectivity index (χ1n) is 20.0. The number of hydrogen-bond donors (Lipinski definition) is 3. The highest BCUT2D eigenvalue weighted by atomic mass is 32.1. The zero-order valence-electron chi connectivity index (χ0n) is 35.2. The third-order valence-corrected chi connectivity index (χ3v) is 12.5. The number of esters is 1. The van der Waals surface area contributed by atoms with Gasteiger partial charge in [-0.25, -0.2) is 0 Å². The number of carbonyl (C=O) groups is 2. The predicted molar refractivity (Wildman–Crippen MR) is 215 cm³/mol. The summed E-state index contributed by atoms with van der Waals surface area (Å²) in [7, 11) is 3.73. The van der Waals surface area contributed by atoms with Gasteiger partial charge in [-0.05, 0) is 78.1 Å². The minimum Gasteiger partial charge on any atom is -0.459 e. The fourth-order valence-electron chi connectivity index (χ4n) is 8.66. The van der Waals surface area contributed by atoms with Crippen LogP contribution in [0.3, 0.4) is 0 Å². The molecular weight excluding hydrogens is 771 g/mol. The van der Waals surface area contributed by atoms with Crippen LogP contribution in [0.2, 0.25) is 0 Å². The SMILES string of the molecule is CC[C@H]1OC(=O)[C@H](C)C(=O)[C@H](C)[C@@H](O[C@@H]2O[C@H](C)C[C@H](N(C)C)[C@H]2O)[C@@]2(C)C[C@@H](C)/C(=N\O)[C@H](C)[C@H](OC/C(=N/OCc3ccc(-c4csnn4)cc3)CO2)[C@]1(C)O. The molecule has 0 saturated carbocycles. The van der Waals surface area contributed by atoms with Crippen LogP contribution >= 0.6 is 11.5 Å². The molecule has 0 aliphatic carbocycles. The number of likely N-dealkylation sites (N-methyl/N-ethyl adjacent to an activating group) is 1. The average Bonchev–Trinajstić information content (AvgIpc) is 3.72. The molecule has 5 rings (SSSR count). The van der Waals surface area contributed by atoms with Crippen LogP contribution in [0.15, 0.2) is 40.0 Å². The average molecular weight is 832 g/mol.